The Morgan fingerprint density at radius 3 is 2.69 bits per heavy atom. The van der Waals surface area contributed by atoms with Crippen LogP contribution in [0, 0.1) is 0 Å². The molecule has 1 aromatic heterocycles. The smallest absolute Gasteiger partial charge is 0.416 e. The Morgan fingerprint density at radius 1 is 1.14 bits per heavy atom. The van der Waals surface area contributed by atoms with Crippen molar-refractivity contribution < 1.29 is 23.0 Å². The number of aliphatic hydroxyl groups is 1. The number of benzene rings is 2. The Hall–Kier alpha value is -2.13. The maximum atomic E-state index is 12.8. The number of nitrogens with one attached hydrogen (secondary N) is 1. The average Bonchev–Trinajstić information content (AvgIpc) is 3.15. The summed E-state index contributed by atoms with van der Waals surface area (Å²) >= 11 is 7.47. The van der Waals surface area contributed by atoms with Gasteiger partial charge in [-0.2, -0.15) is 13.2 Å². The van der Waals surface area contributed by atoms with Gasteiger partial charge in [-0.05, 0) is 29.8 Å². The van der Waals surface area contributed by atoms with Crippen LogP contribution < -0.4 is 10.1 Å². The third kappa shape index (κ3) is 6.17. The minimum atomic E-state index is -4.37. The highest BCUT2D eigenvalue weighted by Crippen LogP contribution is 2.29. The zero-order chi connectivity index (χ0) is 20.9. The molecule has 29 heavy (non-hydrogen) atoms. The number of nitrogens with zero attached hydrogens (tertiary/aromatic N) is 1. The lowest BCUT2D eigenvalue weighted by molar-refractivity contribution is -0.137. The number of hydrogen-bond acceptors (Lipinski definition) is 5. The molecule has 0 unspecified atom stereocenters. The van der Waals surface area contributed by atoms with Gasteiger partial charge in [0.15, 0.2) is 0 Å². The summed E-state index contributed by atoms with van der Waals surface area (Å²) in [6, 6.07) is 10.4. The lowest BCUT2D eigenvalue weighted by Gasteiger charge is -2.13. The van der Waals surface area contributed by atoms with E-state index in [1.807, 2.05) is 0 Å². The normalized spacial score (nSPS) is 11.6. The van der Waals surface area contributed by atoms with Gasteiger partial charge in [-0.15, -0.1) is 11.3 Å². The molecule has 0 saturated heterocycles. The van der Waals surface area contributed by atoms with Crippen molar-refractivity contribution in [2.75, 3.05) is 0 Å². The highest BCUT2D eigenvalue weighted by atomic mass is 35.5. The molecule has 4 nitrogen and oxygen atoms in total. The lowest BCUT2D eigenvalue weighted by Crippen LogP contribution is -2.14. The van der Waals surface area contributed by atoms with Crippen LogP contribution in [0.2, 0.25) is 5.02 Å². The number of alkyl halides is 3. The topological polar surface area (TPSA) is 54.4 Å². The van der Waals surface area contributed by atoms with Crippen molar-refractivity contribution in [3.05, 3.63) is 80.3 Å². The van der Waals surface area contributed by atoms with Crippen LogP contribution in [0.1, 0.15) is 27.4 Å². The van der Waals surface area contributed by atoms with E-state index in [4.69, 9.17) is 21.4 Å². The fraction of sp³-hybridized carbons (Fsp3) is 0.250. The molecule has 0 amide bonds. The Labute approximate surface area is 174 Å². The molecule has 0 spiro atoms. The summed E-state index contributed by atoms with van der Waals surface area (Å²) < 4.78 is 44.3. The van der Waals surface area contributed by atoms with Gasteiger partial charge in [0.25, 0.3) is 0 Å². The van der Waals surface area contributed by atoms with E-state index in [-0.39, 0.29) is 19.8 Å². The fourth-order valence-corrected chi connectivity index (χ4v) is 3.54. The van der Waals surface area contributed by atoms with Crippen LogP contribution in [0.3, 0.4) is 0 Å². The molecular weight excluding hydrogens is 425 g/mol. The Kier molecular flexibility index (Phi) is 7.13. The van der Waals surface area contributed by atoms with Gasteiger partial charge >= 0.3 is 6.18 Å². The summed E-state index contributed by atoms with van der Waals surface area (Å²) in [7, 11) is 0. The third-order valence-corrected chi connectivity index (χ3v) is 5.14. The van der Waals surface area contributed by atoms with Gasteiger partial charge in [0.1, 0.15) is 17.4 Å². The first kappa shape index (κ1) is 21.6. The van der Waals surface area contributed by atoms with Gasteiger partial charge in [0.2, 0.25) is 0 Å². The van der Waals surface area contributed by atoms with Crippen molar-refractivity contribution >= 4 is 22.9 Å². The molecule has 2 aromatic carbocycles. The molecule has 0 atom stereocenters. The molecular formula is C20H18ClF3N2O2S. The molecule has 0 saturated carbocycles. The summed E-state index contributed by atoms with van der Waals surface area (Å²) in [5.41, 5.74) is 1.23. The second kappa shape index (κ2) is 9.58. The number of rotatable bonds is 8. The number of ether oxygens (including phenoxy) is 1. The summed E-state index contributed by atoms with van der Waals surface area (Å²) in [5.74, 6) is 0.603. The Morgan fingerprint density at radius 2 is 1.97 bits per heavy atom. The monoisotopic (exact) mass is 442 g/mol. The highest BCUT2D eigenvalue weighted by Gasteiger charge is 2.30. The molecule has 0 bridgehead atoms. The van der Waals surface area contributed by atoms with Gasteiger partial charge in [-0.25, -0.2) is 4.98 Å². The van der Waals surface area contributed by atoms with E-state index < -0.39 is 11.7 Å². The molecule has 0 aliphatic carbocycles. The minimum absolute atomic E-state index is 0.123. The van der Waals surface area contributed by atoms with Crippen molar-refractivity contribution in [3.63, 3.8) is 0 Å². The Balaban J connectivity index is 1.62. The second-order valence-corrected chi connectivity index (χ2v) is 7.61. The third-order valence-electron chi connectivity index (χ3n) is 4.03. The van der Waals surface area contributed by atoms with Gasteiger partial charge in [-0.3, -0.25) is 0 Å². The zero-order valence-electron chi connectivity index (χ0n) is 15.2. The van der Waals surface area contributed by atoms with E-state index in [0.29, 0.717) is 28.6 Å². The van der Waals surface area contributed by atoms with Gasteiger partial charge in [0, 0.05) is 29.1 Å². The van der Waals surface area contributed by atoms with Crippen LogP contribution in [0.4, 0.5) is 13.2 Å². The van der Waals surface area contributed by atoms with Crippen LogP contribution >= 0.6 is 22.9 Å². The van der Waals surface area contributed by atoms with Crippen molar-refractivity contribution in [1.29, 1.82) is 0 Å². The summed E-state index contributed by atoms with van der Waals surface area (Å²) in [6.45, 7) is 0.753. The predicted octanol–water partition coefficient (Wildman–Crippen LogP) is 5.18. The van der Waals surface area contributed by atoms with Crippen molar-refractivity contribution in [1.82, 2.24) is 10.3 Å². The van der Waals surface area contributed by atoms with Crippen LogP contribution in [0.5, 0.6) is 5.75 Å². The first-order valence-corrected chi connectivity index (χ1v) is 9.93. The van der Waals surface area contributed by atoms with E-state index in [0.717, 1.165) is 22.7 Å². The molecule has 3 rings (SSSR count). The summed E-state index contributed by atoms with van der Waals surface area (Å²) in [5, 5.41) is 15.2. The molecule has 1 heterocycles. The second-order valence-electron chi connectivity index (χ2n) is 6.23. The standard InChI is InChI=1S/C20H18ClF3N2O2S/c21-16-4-5-18(28-11-19-26-17(10-27)12-29-19)14(7-16)9-25-8-13-2-1-3-15(6-13)20(22,23)24/h1-7,12,25,27H,8-11H2. The Bertz CT molecular complexity index is 963. The van der Waals surface area contributed by atoms with E-state index in [9.17, 15) is 13.2 Å². The molecule has 154 valence electrons. The predicted molar refractivity (Wildman–Crippen MR) is 106 cm³/mol. The van der Waals surface area contributed by atoms with Gasteiger partial charge in [-0.1, -0.05) is 29.8 Å². The van der Waals surface area contributed by atoms with E-state index >= 15 is 0 Å². The minimum Gasteiger partial charge on any atom is -0.486 e. The first-order valence-electron chi connectivity index (χ1n) is 8.67. The molecule has 9 heteroatoms. The summed E-state index contributed by atoms with van der Waals surface area (Å²) in [6.07, 6.45) is -4.37. The SMILES string of the molecule is OCc1csc(COc2ccc(Cl)cc2CNCc2cccc(C(F)(F)F)c2)n1. The lowest BCUT2D eigenvalue weighted by atomic mass is 10.1. The zero-order valence-corrected chi connectivity index (χ0v) is 16.7. The molecule has 0 aliphatic heterocycles. The number of halogens is 4. The number of thiazole rings is 1. The van der Waals surface area contributed by atoms with Crippen LogP contribution in [-0.2, 0) is 32.5 Å². The summed E-state index contributed by atoms with van der Waals surface area (Å²) in [4.78, 5) is 4.23. The largest absolute Gasteiger partial charge is 0.486 e. The van der Waals surface area contributed by atoms with E-state index in [1.54, 1.807) is 29.6 Å². The number of aliphatic hydroxyl groups excluding tert-OH is 1. The van der Waals surface area contributed by atoms with Crippen LogP contribution in [0.25, 0.3) is 0 Å². The van der Waals surface area contributed by atoms with Crippen molar-refractivity contribution in [2.24, 2.45) is 0 Å². The van der Waals surface area contributed by atoms with Crippen LogP contribution in [-0.4, -0.2) is 10.1 Å². The van der Waals surface area contributed by atoms with Crippen molar-refractivity contribution in [3.8, 4) is 5.75 Å². The molecule has 0 aliphatic rings. The maximum Gasteiger partial charge on any atom is 0.416 e. The van der Waals surface area contributed by atoms with E-state index in [2.05, 4.69) is 10.3 Å². The van der Waals surface area contributed by atoms with Gasteiger partial charge < -0.3 is 15.2 Å². The first-order chi connectivity index (χ1) is 13.8. The fourth-order valence-electron chi connectivity index (χ4n) is 2.65. The average molecular weight is 443 g/mol. The maximum absolute atomic E-state index is 12.8. The van der Waals surface area contributed by atoms with Crippen molar-refractivity contribution in [2.45, 2.75) is 32.5 Å². The molecule has 2 N–H and O–H groups in total. The number of aromatic nitrogens is 1. The van der Waals surface area contributed by atoms with Gasteiger partial charge in [0.05, 0.1) is 17.9 Å². The molecule has 3 aromatic rings. The molecule has 0 radical (unpaired) electrons. The number of hydrogen-bond donors (Lipinski definition) is 2. The van der Waals surface area contributed by atoms with Crippen LogP contribution in [0.15, 0.2) is 47.8 Å². The quantitative estimate of drug-likeness (QED) is 0.505. The highest BCUT2D eigenvalue weighted by molar-refractivity contribution is 7.09. The molecule has 0 fully saturated rings. The van der Waals surface area contributed by atoms with E-state index in [1.165, 1.54) is 17.4 Å².